The van der Waals surface area contributed by atoms with Crippen LogP contribution >= 0.6 is 43.6 Å². The second-order valence-electron chi connectivity index (χ2n) is 5.30. The Labute approximate surface area is 157 Å². The number of para-hydroxylation sites is 1. The van der Waals surface area contributed by atoms with E-state index in [9.17, 15) is 0 Å². The van der Waals surface area contributed by atoms with Crippen molar-refractivity contribution in [2.75, 3.05) is 11.1 Å². The molecular formula is C18H16Br2N2S. The van der Waals surface area contributed by atoms with Crippen LogP contribution in [0.25, 0.3) is 22.3 Å². The van der Waals surface area contributed by atoms with Gasteiger partial charge in [-0.25, -0.2) is 9.97 Å². The Hall–Kier alpha value is -0.910. The van der Waals surface area contributed by atoms with E-state index in [1.165, 1.54) is 5.56 Å². The molecule has 0 N–H and O–H groups in total. The van der Waals surface area contributed by atoms with E-state index in [1.807, 2.05) is 12.1 Å². The predicted molar refractivity (Wildman–Crippen MR) is 107 cm³/mol. The van der Waals surface area contributed by atoms with Gasteiger partial charge in [-0.15, -0.1) is 11.8 Å². The van der Waals surface area contributed by atoms with E-state index in [1.54, 1.807) is 11.8 Å². The van der Waals surface area contributed by atoms with Crippen LogP contribution < -0.4 is 0 Å². The average Bonchev–Trinajstić information content (AvgIpc) is 2.59. The van der Waals surface area contributed by atoms with Gasteiger partial charge in [0.05, 0.1) is 5.52 Å². The zero-order valence-corrected chi connectivity index (χ0v) is 16.7. The van der Waals surface area contributed by atoms with E-state index in [-0.39, 0.29) is 0 Å². The highest BCUT2D eigenvalue weighted by atomic mass is 79.9. The minimum absolute atomic E-state index is 0.420. The largest absolute Gasteiger partial charge is 0.228 e. The topological polar surface area (TPSA) is 25.8 Å². The van der Waals surface area contributed by atoms with Crippen molar-refractivity contribution in [3.05, 3.63) is 54.1 Å². The molecule has 3 rings (SSSR count). The van der Waals surface area contributed by atoms with Gasteiger partial charge >= 0.3 is 0 Å². The first kappa shape index (κ1) is 16.9. The zero-order chi connectivity index (χ0) is 16.2. The van der Waals surface area contributed by atoms with E-state index in [0.29, 0.717) is 4.83 Å². The first-order valence-corrected chi connectivity index (χ1v) is 10.4. The lowest BCUT2D eigenvalue weighted by Gasteiger charge is -2.10. The van der Waals surface area contributed by atoms with Crippen LogP contribution in [0.1, 0.15) is 5.56 Å². The molecule has 0 aliphatic rings. The highest BCUT2D eigenvalue weighted by Gasteiger charge is 2.11. The van der Waals surface area contributed by atoms with Gasteiger partial charge in [0.2, 0.25) is 0 Å². The molecule has 0 bridgehead atoms. The number of fused-ring (bicyclic) bond motifs is 1. The highest BCUT2D eigenvalue weighted by Crippen LogP contribution is 2.29. The molecule has 0 spiro atoms. The molecule has 2 aromatic carbocycles. The van der Waals surface area contributed by atoms with Gasteiger partial charge < -0.3 is 0 Å². The summed E-state index contributed by atoms with van der Waals surface area (Å²) in [5.41, 5.74) is 3.29. The van der Waals surface area contributed by atoms with Crippen LogP contribution in [0.5, 0.6) is 0 Å². The van der Waals surface area contributed by atoms with Gasteiger partial charge in [-0.2, -0.15) is 0 Å². The number of hydrogen-bond donors (Lipinski definition) is 0. The molecule has 0 aliphatic carbocycles. The number of aromatic nitrogens is 2. The van der Waals surface area contributed by atoms with E-state index in [2.05, 4.69) is 75.2 Å². The lowest BCUT2D eigenvalue weighted by atomic mass is 10.1. The Morgan fingerprint density at radius 3 is 2.52 bits per heavy atom. The quantitative estimate of drug-likeness (QED) is 0.276. The van der Waals surface area contributed by atoms with Crippen molar-refractivity contribution in [3.63, 3.8) is 0 Å². The van der Waals surface area contributed by atoms with Crippen LogP contribution in [0.4, 0.5) is 0 Å². The van der Waals surface area contributed by atoms with Gasteiger partial charge in [0.15, 0.2) is 5.82 Å². The SMILES string of the molecule is Cc1ccc(-c2nc(SCC(Br)CBr)c3ccccc3n2)cc1. The highest BCUT2D eigenvalue weighted by molar-refractivity contribution is 9.12. The van der Waals surface area contributed by atoms with Crippen molar-refractivity contribution in [2.45, 2.75) is 16.8 Å². The normalized spacial score (nSPS) is 12.5. The molecule has 5 heteroatoms. The van der Waals surface area contributed by atoms with Crippen molar-refractivity contribution < 1.29 is 0 Å². The number of rotatable bonds is 5. The molecule has 1 aromatic heterocycles. The number of thioether (sulfide) groups is 1. The third-order valence-corrected chi connectivity index (χ3v) is 7.33. The van der Waals surface area contributed by atoms with Crippen LogP contribution in [0, 0.1) is 6.92 Å². The molecule has 2 nitrogen and oxygen atoms in total. The van der Waals surface area contributed by atoms with Crippen LogP contribution in [-0.2, 0) is 0 Å². The molecule has 23 heavy (non-hydrogen) atoms. The molecule has 0 amide bonds. The summed E-state index contributed by atoms with van der Waals surface area (Å²) < 4.78 is 0. The van der Waals surface area contributed by atoms with Crippen molar-refractivity contribution in [1.29, 1.82) is 0 Å². The van der Waals surface area contributed by atoms with Gasteiger partial charge in [0.1, 0.15) is 5.03 Å². The molecule has 0 aliphatic heterocycles. The van der Waals surface area contributed by atoms with Gasteiger partial charge in [0.25, 0.3) is 0 Å². The van der Waals surface area contributed by atoms with Gasteiger partial charge in [-0.05, 0) is 13.0 Å². The maximum absolute atomic E-state index is 4.82. The second-order valence-corrected chi connectivity index (χ2v) is 8.25. The fourth-order valence-corrected chi connectivity index (χ4v) is 4.07. The fourth-order valence-electron chi connectivity index (χ4n) is 2.20. The van der Waals surface area contributed by atoms with Crippen LogP contribution in [0.2, 0.25) is 0 Å². The van der Waals surface area contributed by atoms with Gasteiger partial charge in [-0.3, -0.25) is 0 Å². The Morgan fingerprint density at radius 2 is 1.78 bits per heavy atom. The summed E-state index contributed by atoms with van der Waals surface area (Å²) in [5, 5.41) is 3.08. The van der Waals surface area contributed by atoms with Gasteiger partial charge in [-0.1, -0.05) is 79.9 Å². The van der Waals surface area contributed by atoms with Crippen molar-refractivity contribution in [2.24, 2.45) is 0 Å². The lowest BCUT2D eigenvalue weighted by Crippen LogP contribution is -2.03. The minimum Gasteiger partial charge on any atom is -0.228 e. The summed E-state index contributed by atoms with van der Waals surface area (Å²) in [4.78, 5) is 9.98. The molecule has 0 fully saturated rings. The Morgan fingerprint density at radius 1 is 1.04 bits per heavy atom. The number of halogens is 2. The number of benzene rings is 2. The third kappa shape index (κ3) is 4.14. The molecule has 1 unspecified atom stereocenters. The summed E-state index contributed by atoms with van der Waals surface area (Å²) in [7, 11) is 0. The first-order valence-electron chi connectivity index (χ1n) is 7.34. The molecule has 118 valence electrons. The van der Waals surface area contributed by atoms with Crippen LogP contribution in [-0.4, -0.2) is 25.9 Å². The molecular weight excluding hydrogens is 436 g/mol. The number of alkyl halides is 2. The molecule has 0 saturated carbocycles. The minimum atomic E-state index is 0.420. The Balaban J connectivity index is 2.04. The molecule has 0 saturated heterocycles. The summed E-state index contributed by atoms with van der Waals surface area (Å²) in [5.74, 6) is 1.75. The first-order chi connectivity index (χ1) is 11.2. The van der Waals surface area contributed by atoms with Crippen LogP contribution in [0.3, 0.4) is 0 Å². The molecule has 3 aromatic rings. The summed E-state index contributed by atoms with van der Waals surface area (Å²) >= 11 is 8.93. The van der Waals surface area contributed by atoms with E-state index in [4.69, 9.17) is 9.97 Å². The average molecular weight is 452 g/mol. The number of nitrogens with zero attached hydrogens (tertiary/aromatic N) is 2. The maximum Gasteiger partial charge on any atom is 0.161 e. The predicted octanol–water partition coefficient (Wildman–Crippen LogP) is 5.86. The van der Waals surface area contributed by atoms with Crippen molar-refractivity contribution in [3.8, 4) is 11.4 Å². The molecule has 1 heterocycles. The monoisotopic (exact) mass is 450 g/mol. The maximum atomic E-state index is 4.82. The lowest BCUT2D eigenvalue weighted by molar-refractivity contribution is 1.10. The van der Waals surface area contributed by atoms with Crippen LogP contribution in [0.15, 0.2) is 53.6 Å². The third-order valence-electron chi connectivity index (χ3n) is 3.45. The summed E-state index contributed by atoms with van der Waals surface area (Å²) in [6.07, 6.45) is 0. The molecule has 1 atom stereocenters. The standard InChI is InChI=1S/C18H16Br2N2S/c1-12-6-8-13(9-7-12)17-21-16-5-3-2-4-15(16)18(22-17)23-11-14(20)10-19/h2-9,14H,10-11H2,1H3. The van der Waals surface area contributed by atoms with E-state index in [0.717, 1.165) is 38.4 Å². The Bertz CT molecular complexity index is 806. The second kappa shape index (κ2) is 7.77. The number of aryl methyl sites for hydroxylation is 1. The van der Waals surface area contributed by atoms with E-state index >= 15 is 0 Å². The fraction of sp³-hybridized carbons (Fsp3) is 0.222. The Kier molecular flexibility index (Phi) is 5.72. The van der Waals surface area contributed by atoms with Crippen molar-refractivity contribution >= 4 is 54.5 Å². The van der Waals surface area contributed by atoms with E-state index < -0.39 is 0 Å². The van der Waals surface area contributed by atoms with Gasteiger partial charge in [0, 0.05) is 26.9 Å². The summed E-state index contributed by atoms with van der Waals surface area (Å²) in [6, 6.07) is 16.6. The smallest absolute Gasteiger partial charge is 0.161 e. The van der Waals surface area contributed by atoms with Crippen molar-refractivity contribution in [1.82, 2.24) is 9.97 Å². The number of hydrogen-bond acceptors (Lipinski definition) is 3. The summed E-state index contributed by atoms with van der Waals surface area (Å²) in [6.45, 7) is 2.09. The zero-order valence-electron chi connectivity index (χ0n) is 12.7. The molecule has 0 radical (unpaired) electrons.